The number of amides is 2. The molecule has 0 unspecified atom stereocenters. The van der Waals surface area contributed by atoms with Gasteiger partial charge in [-0.3, -0.25) is 25.5 Å². The van der Waals surface area contributed by atoms with Gasteiger partial charge in [0.25, 0.3) is 0 Å². The number of H-pyrrole nitrogens is 1. The molecule has 0 saturated heterocycles. The van der Waals surface area contributed by atoms with Gasteiger partial charge in [-0.1, -0.05) is 0 Å². The molecule has 12 heavy (non-hydrogen) atoms. The average Bonchev–Trinajstić information content (AvgIpc) is 2.53. The van der Waals surface area contributed by atoms with Crippen molar-refractivity contribution in [1.29, 1.82) is 0 Å². The summed E-state index contributed by atoms with van der Waals surface area (Å²) in [5.41, 5.74) is 4.91. The Labute approximate surface area is 68.3 Å². The zero-order valence-corrected chi connectivity index (χ0v) is 6.20. The first-order valence-electron chi connectivity index (χ1n) is 3.29. The monoisotopic (exact) mass is 168 g/mol. The highest BCUT2D eigenvalue weighted by molar-refractivity contribution is 5.78. The van der Waals surface area contributed by atoms with E-state index in [0.29, 0.717) is 12.1 Å². The normalized spacial score (nSPS) is 9.00. The third kappa shape index (κ3) is 2.41. The first kappa shape index (κ1) is 8.25. The number of hydrogen-bond acceptors (Lipinski definition) is 3. The number of aromatic nitrogens is 2. The SMILES string of the molecule is O=CNNC(=O)Cc1ccn[nH]1. The van der Waals surface area contributed by atoms with Crippen LogP contribution in [-0.2, 0) is 16.0 Å². The van der Waals surface area contributed by atoms with Gasteiger partial charge < -0.3 is 0 Å². The molecule has 1 heterocycles. The van der Waals surface area contributed by atoms with E-state index in [4.69, 9.17) is 0 Å². The summed E-state index contributed by atoms with van der Waals surface area (Å²) in [5.74, 6) is -0.300. The van der Waals surface area contributed by atoms with Gasteiger partial charge in [0.2, 0.25) is 12.3 Å². The molecule has 0 aliphatic carbocycles. The third-order valence-electron chi connectivity index (χ3n) is 1.18. The molecule has 1 aromatic heterocycles. The standard InChI is InChI=1S/C6H8N4O2/c11-4-8-10-6(12)3-5-1-2-7-9-5/h1-2,4H,3H2,(H,7,9)(H,8,11)(H,10,12). The van der Waals surface area contributed by atoms with Gasteiger partial charge in [-0.2, -0.15) is 5.10 Å². The van der Waals surface area contributed by atoms with Crippen molar-refractivity contribution in [3.8, 4) is 0 Å². The Morgan fingerprint density at radius 1 is 1.75 bits per heavy atom. The minimum atomic E-state index is -0.300. The number of aromatic amines is 1. The van der Waals surface area contributed by atoms with Crippen LogP contribution in [0.3, 0.4) is 0 Å². The van der Waals surface area contributed by atoms with Crippen LogP contribution in [0.1, 0.15) is 5.69 Å². The van der Waals surface area contributed by atoms with Gasteiger partial charge >= 0.3 is 0 Å². The Kier molecular flexibility index (Phi) is 2.83. The summed E-state index contributed by atoms with van der Waals surface area (Å²) >= 11 is 0. The second-order valence-electron chi connectivity index (χ2n) is 2.07. The number of nitrogens with zero attached hydrogens (tertiary/aromatic N) is 1. The van der Waals surface area contributed by atoms with Crippen molar-refractivity contribution in [3.05, 3.63) is 18.0 Å². The van der Waals surface area contributed by atoms with Crippen LogP contribution < -0.4 is 10.9 Å². The number of hydrazine groups is 1. The Morgan fingerprint density at radius 2 is 2.58 bits per heavy atom. The molecule has 2 amide bonds. The Balaban J connectivity index is 2.32. The van der Waals surface area contributed by atoms with Gasteiger partial charge in [0.05, 0.1) is 6.42 Å². The molecule has 0 fully saturated rings. The molecule has 0 aliphatic rings. The smallest absolute Gasteiger partial charge is 0.244 e. The topological polar surface area (TPSA) is 86.9 Å². The lowest BCUT2D eigenvalue weighted by atomic mass is 10.3. The second-order valence-corrected chi connectivity index (χ2v) is 2.07. The predicted molar refractivity (Wildman–Crippen MR) is 39.6 cm³/mol. The molecule has 0 radical (unpaired) electrons. The maximum Gasteiger partial charge on any atom is 0.244 e. The van der Waals surface area contributed by atoms with Gasteiger partial charge in [0, 0.05) is 11.9 Å². The van der Waals surface area contributed by atoms with Crippen molar-refractivity contribution < 1.29 is 9.59 Å². The molecule has 0 aromatic carbocycles. The number of rotatable bonds is 4. The first-order valence-corrected chi connectivity index (χ1v) is 3.29. The van der Waals surface area contributed by atoms with Gasteiger partial charge in [0.1, 0.15) is 0 Å². The van der Waals surface area contributed by atoms with Gasteiger partial charge in [-0.15, -0.1) is 0 Å². The minimum Gasteiger partial charge on any atom is -0.282 e. The number of carbonyl (C=O) groups excluding carboxylic acids is 2. The molecule has 0 aliphatic heterocycles. The summed E-state index contributed by atoms with van der Waals surface area (Å²) in [6.45, 7) is 0. The second kappa shape index (κ2) is 4.12. The Morgan fingerprint density at radius 3 is 3.17 bits per heavy atom. The van der Waals surface area contributed by atoms with E-state index >= 15 is 0 Å². The minimum absolute atomic E-state index is 0.167. The van der Waals surface area contributed by atoms with Crippen LogP contribution in [0, 0.1) is 0 Å². The molecule has 0 atom stereocenters. The Bertz CT molecular complexity index is 257. The largest absolute Gasteiger partial charge is 0.282 e. The van der Waals surface area contributed by atoms with Crippen LogP contribution >= 0.6 is 0 Å². The summed E-state index contributed by atoms with van der Waals surface area (Å²) in [4.78, 5) is 20.7. The molecule has 3 N–H and O–H groups in total. The fraction of sp³-hybridized carbons (Fsp3) is 0.167. The number of nitrogens with one attached hydrogen (secondary N) is 3. The highest BCUT2D eigenvalue weighted by atomic mass is 16.2. The van der Waals surface area contributed by atoms with E-state index in [1.807, 2.05) is 5.43 Å². The molecule has 0 bridgehead atoms. The molecule has 0 spiro atoms. The molecule has 1 rings (SSSR count). The highest BCUT2D eigenvalue weighted by Crippen LogP contribution is 1.91. The molecular weight excluding hydrogens is 160 g/mol. The summed E-state index contributed by atoms with van der Waals surface area (Å²) in [7, 11) is 0. The van der Waals surface area contributed by atoms with E-state index in [1.165, 1.54) is 0 Å². The summed E-state index contributed by atoms with van der Waals surface area (Å²) < 4.78 is 0. The third-order valence-corrected chi connectivity index (χ3v) is 1.18. The van der Waals surface area contributed by atoms with Crippen LogP contribution in [0.5, 0.6) is 0 Å². The quantitative estimate of drug-likeness (QED) is 0.387. The molecule has 0 saturated carbocycles. The van der Waals surface area contributed by atoms with Crippen LogP contribution in [0.25, 0.3) is 0 Å². The van der Waals surface area contributed by atoms with Crippen LogP contribution in [0.4, 0.5) is 0 Å². The maximum absolute atomic E-state index is 10.9. The van der Waals surface area contributed by atoms with E-state index in [0.717, 1.165) is 0 Å². The van der Waals surface area contributed by atoms with E-state index in [9.17, 15) is 9.59 Å². The van der Waals surface area contributed by atoms with E-state index in [2.05, 4.69) is 15.6 Å². The predicted octanol–water partition coefficient (Wildman–Crippen LogP) is -1.27. The fourth-order valence-electron chi connectivity index (χ4n) is 0.710. The van der Waals surface area contributed by atoms with Crippen molar-refractivity contribution >= 4 is 12.3 Å². The lowest BCUT2D eigenvalue weighted by molar-refractivity contribution is -0.124. The summed E-state index contributed by atoms with van der Waals surface area (Å²) in [6.07, 6.45) is 2.11. The first-order chi connectivity index (χ1) is 5.83. The highest BCUT2D eigenvalue weighted by Gasteiger charge is 2.01. The summed E-state index contributed by atoms with van der Waals surface area (Å²) in [5, 5.41) is 6.28. The zero-order chi connectivity index (χ0) is 8.81. The fourth-order valence-corrected chi connectivity index (χ4v) is 0.710. The number of hydrogen-bond donors (Lipinski definition) is 3. The van der Waals surface area contributed by atoms with Crippen molar-refractivity contribution in [3.63, 3.8) is 0 Å². The number of carbonyl (C=O) groups is 2. The van der Waals surface area contributed by atoms with E-state index in [-0.39, 0.29) is 12.3 Å². The Hall–Kier alpha value is -1.85. The van der Waals surface area contributed by atoms with E-state index < -0.39 is 0 Å². The van der Waals surface area contributed by atoms with E-state index in [1.54, 1.807) is 12.3 Å². The average molecular weight is 168 g/mol. The molecule has 64 valence electrons. The zero-order valence-electron chi connectivity index (χ0n) is 6.20. The van der Waals surface area contributed by atoms with Crippen LogP contribution in [-0.4, -0.2) is 22.5 Å². The van der Waals surface area contributed by atoms with Crippen molar-refractivity contribution in [1.82, 2.24) is 21.0 Å². The molecular formula is C6H8N4O2. The van der Waals surface area contributed by atoms with Crippen LogP contribution in [0.2, 0.25) is 0 Å². The van der Waals surface area contributed by atoms with Gasteiger partial charge in [-0.25, -0.2) is 0 Å². The van der Waals surface area contributed by atoms with Gasteiger partial charge in [-0.05, 0) is 6.07 Å². The lowest BCUT2D eigenvalue weighted by Gasteiger charge is -1.99. The van der Waals surface area contributed by atoms with Crippen molar-refractivity contribution in [2.24, 2.45) is 0 Å². The molecule has 6 nitrogen and oxygen atoms in total. The maximum atomic E-state index is 10.9. The van der Waals surface area contributed by atoms with Crippen molar-refractivity contribution in [2.45, 2.75) is 6.42 Å². The lowest BCUT2D eigenvalue weighted by Crippen LogP contribution is -2.37. The van der Waals surface area contributed by atoms with Crippen LogP contribution in [0.15, 0.2) is 12.3 Å². The molecule has 1 aromatic rings. The summed E-state index contributed by atoms with van der Waals surface area (Å²) in [6, 6.07) is 1.68. The van der Waals surface area contributed by atoms with Crippen molar-refractivity contribution in [2.75, 3.05) is 0 Å². The van der Waals surface area contributed by atoms with Gasteiger partial charge in [0.15, 0.2) is 0 Å². The molecule has 6 heteroatoms.